The molecule has 7 heteroatoms. The number of non-ortho nitro benzene ring substituents is 1. The summed E-state index contributed by atoms with van der Waals surface area (Å²) in [6, 6.07) is 7.74. The summed E-state index contributed by atoms with van der Waals surface area (Å²) < 4.78 is 0. The van der Waals surface area contributed by atoms with E-state index in [1.165, 1.54) is 23.1 Å². The van der Waals surface area contributed by atoms with E-state index in [9.17, 15) is 20.0 Å². The molecule has 7 nitrogen and oxygen atoms in total. The third kappa shape index (κ3) is 4.10. The molecule has 1 aromatic heterocycles. The minimum Gasteiger partial charge on any atom is -0.395 e. The van der Waals surface area contributed by atoms with Crippen molar-refractivity contribution in [2.45, 2.75) is 13.5 Å². The normalized spacial score (nSPS) is 10.3. The van der Waals surface area contributed by atoms with Gasteiger partial charge in [0.25, 0.3) is 11.6 Å². The molecule has 0 spiro atoms. The Morgan fingerprint density at radius 2 is 2.17 bits per heavy atom. The zero-order valence-corrected chi connectivity index (χ0v) is 12.7. The molecule has 1 heterocycles. The number of amides is 1. The van der Waals surface area contributed by atoms with Gasteiger partial charge in [0.05, 0.1) is 11.5 Å². The molecular weight excluding hydrogens is 298 g/mol. The Hall–Kier alpha value is -2.80. The van der Waals surface area contributed by atoms with Crippen LogP contribution in [0.5, 0.6) is 0 Å². The first-order chi connectivity index (χ1) is 11.0. The standard InChI is InChI=1S/C16H17N3O4/c1-12-9-14(19(22)23)4-5-15(12)16(21)18(7-8-20)11-13-3-2-6-17-10-13/h2-6,9-10,20H,7-8,11H2,1H3. The molecule has 0 aliphatic carbocycles. The molecule has 2 rings (SSSR count). The highest BCUT2D eigenvalue weighted by atomic mass is 16.6. The fraction of sp³-hybridized carbons (Fsp3) is 0.250. The van der Waals surface area contributed by atoms with Gasteiger partial charge >= 0.3 is 0 Å². The van der Waals surface area contributed by atoms with E-state index < -0.39 is 4.92 Å². The molecule has 1 aromatic carbocycles. The summed E-state index contributed by atoms with van der Waals surface area (Å²) in [7, 11) is 0. The van der Waals surface area contributed by atoms with Gasteiger partial charge in [-0.3, -0.25) is 19.9 Å². The molecule has 1 N–H and O–H groups in total. The van der Waals surface area contributed by atoms with E-state index in [4.69, 9.17) is 0 Å². The SMILES string of the molecule is Cc1cc([N+](=O)[O-])ccc1C(=O)N(CCO)Cc1cccnc1. The van der Waals surface area contributed by atoms with Crippen molar-refractivity contribution in [3.8, 4) is 0 Å². The van der Waals surface area contributed by atoms with Crippen LogP contribution in [0.15, 0.2) is 42.7 Å². The van der Waals surface area contributed by atoms with Crippen LogP contribution in [0.2, 0.25) is 0 Å². The van der Waals surface area contributed by atoms with Crippen molar-refractivity contribution in [3.05, 3.63) is 69.5 Å². The van der Waals surface area contributed by atoms with Gasteiger partial charge in [-0.15, -0.1) is 0 Å². The van der Waals surface area contributed by atoms with Gasteiger partial charge < -0.3 is 10.0 Å². The Bertz CT molecular complexity index is 704. The molecule has 0 aliphatic rings. The van der Waals surface area contributed by atoms with E-state index >= 15 is 0 Å². The smallest absolute Gasteiger partial charge is 0.269 e. The maximum atomic E-state index is 12.7. The highest BCUT2D eigenvalue weighted by molar-refractivity contribution is 5.95. The van der Waals surface area contributed by atoms with Gasteiger partial charge in [-0.2, -0.15) is 0 Å². The van der Waals surface area contributed by atoms with Gasteiger partial charge in [0, 0.05) is 43.2 Å². The molecule has 2 aromatic rings. The molecule has 0 saturated carbocycles. The van der Waals surface area contributed by atoms with E-state index in [0.717, 1.165) is 5.56 Å². The van der Waals surface area contributed by atoms with Crippen LogP contribution >= 0.6 is 0 Å². The molecule has 0 fully saturated rings. The fourth-order valence-electron chi connectivity index (χ4n) is 2.26. The van der Waals surface area contributed by atoms with E-state index in [1.807, 2.05) is 6.07 Å². The number of rotatable bonds is 6. The maximum Gasteiger partial charge on any atom is 0.269 e. The zero-order valence-electron chi connectivity index (χ0n) is 12.7. The molecule has 120 valence electrons. The number of aromatic nitrogens is 1. The van der Waals surface area contributed by atoms with Crippen molar-refractivity contribution >= 4 is 11.6 Å². The molecule has 1 amide bonds. The second-order valence-electron chi connectivity index (χ2n) is 5.07. The zero-order chi connectivity index (χ0) is 16.8. The Labute approximate surface area is 133 Å². The number of pyridine rings is 1. The minimum absolute atomic E-state index is 0.0555. The van der Waals surface area contributed by atoms with Gasteiger partial charge in [0.1, 0.15) is 0 Å². The molecule has 0 saturated heterocycles. The van der Waals surface area contributed by atoms with Crippen molar-refractivity contribution in [1.82, 2.24) is 9.88 Å². The summed E-state index contributed by atoms with van der Waals surface area (Å²) >= 11 is 0. The third-order valence-corrected chi connectivity index (χ3v) is 3.40. The Balaban J connectivity index is 2.25. The maximum absolute atomic E-state index is 12.7. The highest BCUT2D eigenvalue weighted by Gasteiger charge is 2.19. The second-order valence-corrected chi connectivity index (χ2v) is 5.07. The number of aliphatic hydroxyl groups excluding tert-OH is 1. The molecule has 0 atom stereocenters. The first-order valence-corrected chi connectivity index (χ1v) is 7.07. The lowest BCUT2D eigenvalue weighted by Crippen LogP contribution is -2.33. The van der Waals surface area contributed by atoms with Gasteiger partial charge in [-0.25, -0.2) is 0 Å². The summed E-state index contributed by atoms with van der Waals surface area (Å²) in [5.74, 6) is -0.282. The van der Waals surface area contributed by atoms with Crippen molar-refractivity contribution in [1.29, 1.82) is 0 Å². The van der Waals surface area contributed by atoms with E-state index in [1.54, 1.807) is 25.4 Å². The van der Waals surface area contributed by atoms with Crippen LogP contribution in [0.1, 0.15) is 21.5 Å². The summed E-state index contributed by atoms with van der Waals surface area (Å²) in [4.78, 5) is 28.4. The quantitative estimate of drug-likeness (QED) is 0.649. The lowest BCUT2D eigenvalue weighted by atomic mass is 10.1. The first-order valence-electron chi connectivity index (χ1n) is 7.07. The largest absolute Gasteiger partial charge is 0.395 e. The topological polar surface area (TPSA) is 96.6 Å². The first kappa shape index (κ1) is 16.6. The lowest BCUT2D eigenvalue weighted by Gasteiger charge is -2.22. The molecule has 0 bridgehead atoms. The van der Waals surface area contributed by atoms with Crippen LogP contribution in [0.4, 0.5) is 5.69 Å². The Morgan fingerprint density at radius 1 is 1.39 bits per heavy atom. The van der Waals surface area contributed by atoms with Crippen LogP contribution in [-0.2, 0) is 6.54 Å². The number of aliphatic hydroxyl groups is 1. The van der Waals surface area contributed by atoms with Gasteiger partial charge in [-0.1, -0.05) is 6.07 Å². The molecule has 0 radical (unpaired) electrons. The van der Waals surface area contributed by atoms with Gasteiger partial charge in [0.15, 0.2) is 0 Å². The predicted octanol–water partition coefficient (Wildman–Crippen LogP) is 1.93. The summed E-state index contributed by atoms with van der Waals surface area (Å²) in [5, 5.41) is 20.0. The fourth-order valence-corrected chi connectivity index (χ4v) is 2.26. The summed E-state index contributed by atoms with van der Waals surface area (Å²) in [5.41, 5.74) is 1.69. The summed E-state index contributed by atoms with van der Waals surface area (Å²) in [6.07, 6.45) is 3.29. The van der Waals surface area contributed by atoms with Crippen LogP contribution in [0.25, 0.3) is 0 Å². The van der Waals surface area contributed by atoms with Crippen molar-refractivity contribution in [2.75, 3.05) is 13.2 Å². The van der Waals surface area contributed by atoms with Crippen molar-refractivity contribution in [2.24, 2.45) is 0 Å². The van der Waals surface area contributed by atoms with E-state index in [0.29, 0.717) is 17.7 Å². The number of nitro groups is 1. The minimum atomic E-state index is -0.498. The molecule has 0 aliphatic heterocycles. The van der Waals surface area contributed by atoms with Crippen molar-refractivity contribution in [3.63, 3.8) is 0 Å². The molecule has 0 unspecified atom stereocenters. The number of nitrogens with zero attached hydrogens (tertiary/aromatic N) is 3. The second kappa shape index (κ2) is 7.46. The van der Waals surface area contributed by atoms with Crippen LogP contribution in [0, 0.1) is 17.0 Å². The third-order valence-electron chi connectivity index (χ3n) is 3.40. The van der Waals surface area contributed by atoms with Gasteiger partial charge in [0.2, 0.25) is 0 Å². The Kier molecular flexibility index (Phi) is 5.37. The summed E-state index contributed by atoms with van der Waals surface area (Å²) in [6.45, 7) is 1.97. The van der Waals surface area contributed by atoms with E-state index in [2.05, 4.69) is 4.98 Å². The average Bonchev–Trinajstić information content (AvgIpc) is 2.54. The van der Waals surface area contributed by atoms with Crippen molar-refractivity contribution < 1.29 is 14.8 Å². The Morgan fingerprint density at radius 3 is 2.74 bits per heavy atom. The number of carbonyl (C=O) groups is 1. The number of benzene rings is 1. The molecule has 23 heavy (non-hydrogen) atoms. The van der Waals surface area contributed by atoms with Gasteiger partial charge in [-0.05, 0) is 30.2 Å². The molecular formula is C16H17N3O4. The number of hydrogen-bond acceptors (Lipinski definition) is 5. The number of aryl methyl sites for hydroxylation is 1. The van der Waals surface area contributed by atoms with Crippen LogP contribution in [-0.4, -0.2) is 39.0 Å². The van der Waals surface area contributed by atoms with E-state index in [-0.39, 0.29) is 24.7 Å². The average molecular weight is 315 g/mol. The van der Waals surface area contributed by atoms with Crippen LogP contribution < -0.4 is 0 Å². The lowest BCUT2D eigenvalue weighted by molar-refractivity contribution is -0.384. The predicted molar refractivity (Wildman–Crippen MR) is 83.9 cm³/mol. The number of nitro benzene ring substituents is 1. The van der Waals surface area contributed by atoms with Crippen LogP contribution in [0.3, 0.4) is 0 Å². The number of carbonyl (C=O) groups excluding carboxylic acids is 1. The number of hydrogen-bond donors (Lipinski definition) is 1. The monoisotopic (exact) mass is 315 g/mol. The highest BCUT2D eigenvalue weighted by Crippen LogP contribution is 2.19.